The number of carbonyl (C=O) groups is 2. The van der Waals surface area contributed by atoms with Gasteiger partial charge in [0.25, 0.3) is 0 Å². The lowest BCUT2D eigenvalue weighted by atomic mass is 9.97. The molecule has 0 saturated carbocycles. The van der Waals surface area contributed by atoms with Crippen LogP contribution in [0.25, 0.3) is 0 Å². The summed E-state index contributed by atoms with van der Waals surface area (Å²) in [4.78, 5) is 23.6. The smallest absolute Gasteiger partial charge is 0.317 e. The van der Waals surface area contributed by atoms with Gasteiger partial charge < -0.3 is 25.5 Å². The molecule has 0 rings (SSSR count). The number of carbonyl (C=O) groups excluding carboxylic acids is 1. The van der Waals surface area contributed by atoms with Gasteiger partial charge in [-0.25, -0.2) is 4.79 Å². The molecule has 7 nitrogen and oxygen atoms in total. The summed E-state index contributed by atoms with van der Waals surface area (Å²) in [6.45, 7) is 2.53. The fraction of sp³-hybridized carbons (Fsp3) is 0.846. The van der Waals surface area contributed by atoms with Gasteiger partial charge in [-0.2, -0.15) is 0 Å². The number of hydrogen-bond acceptors (Lipinski definition) is 4. The van der Waals surface area contributed by atoms with Crippen LogP contribution in [0.1, 0.15) is 32.6 Å². The number of nitrogens with one attached hydrogen (secondary N) is 1. The Morgan fingerprint density at radius 2 is 1.75 bits per heavy atom. The van der Waals surface area contributed by atoms with Crippen LogP contribution in [-0.2, 0) is 4.79 Å². The maximum absolute atomic E-state index is 11.8. The van der Waals surface area contributed by atoms with E-state index in [9.17, 15) is 9.59 Å². The van der Waals surface area contributed by atoms with Gasteiger partial charge in [-0.05, 0) is 18.8 Å². The topological polar surface area (TPSA) is 110 Å². The number of nitrogens with zero attached hydrogens (tertiary/aromatic N) is 1. The number of hydrogen-bond donors (Lipinski definition) is 4. The van der Waals surface area contributed by atoms with Crippen molar-refractivity contribution in [3.05, 3.63) is 0 Å². The molecule has 0 aromatic heterocycles. The highest BCUT2D eigenvalue weighted by atomic mass is 16.4. The summed E-state index contributed by atoms with van der Waals surface area (Å²) in [5, 5.41) is 29.0. The van der Waals surface area contributed by atoms with E-state index in [1.54, 1.807) is 0 Å². The molecule has 0 spiro atoms. The second-order valence-electron chi connectivity index (χ2n) is 4.66. The summed E-state index contributed by atoms with van der Waals surface area (Å²) >= 11 is 0. The summed E-state index contributed by atoms with van der Waals surface area (Å²) in [7, 11) is 0. The van der Waals surface area contributed by atoms with E-state index in [0.717, 1.165) is 12.8 Å². The molecular weight excluding hydrogens is 264 g/mol. The lowest BCUT2D eigenvalue weighted by molar-refractivity contribution is -0.137. The number of carboxylic acid groups (broad SMARTS) is 1. The lowest BCUT2D eigenvalue weighted by Gasteiger charge is -2.22. The molecule has 0 aromatic rings. The molecule has 20 heavy (non-hydrogen) atoms. The molecule has 0 aliphatic heterocycles. The Morgan fingerprint density at radius 3 is 2.20 bits per heavy atom. The predicted molar refractivity (Wildman–Crippen MR) is 74.4 cm³/mol. The maximum atomic E-state index is 11.8. The largest absolute Gasteiger partial charge is 0.481 e. The average molecular weight is 290 g/mol. The van der Waals surface area contributed by atoms with Gasteiger partial charge in [-0.1, -0.05) is 13.3 Å². The fourth-order valence-electron chi connectivity index (χ4n) is 1.93. The maximum Gasteiger partial charge on any atom is 0.317 e. The molecule has 0 saturated heterocycles. The third kappa shape index (κ3) is 8.71. The first kappa shape index (κ1) is 18.7. The van der Waals surface area contributed by atoms with Gasteiger partial charge in [0.1, 0.15) is 0 Å². The quantitative estimate of drug-likeness (QED) is 0.436. The highest BCUT2D eigenvalue weighted by Gasteiger charge is 2.13. The van der Waals surface area contributed by atoms with Crippen molar-refractivity contribution in [3.8, 4) is 0 Å². The van der Waals surface area contributed by atoms with Crippen LogP contribution in [0.5, 0.6) is 0 Å². The summed E-state index contributed by atoms with van der Waals surface area (Å²) in [5.41, 5.74) is 0. The molecule has 7 heteroatoms. The minimum atomic E-state index is -0.801. The third-order valence-corrected chi connectivity index (χ3v) is 3.20. The van der Waals surface area contributed by atoms with Crippen molar-refractivity contribution in [1.82, 2.24) is 10.2 Å². The van der Waals surface area contributed by atoms with Crippen molar-refractivity contribution in [2.45, 2.75) is 32.6 Å². The van der Waals surface area contributed by atoms with Gasteiger partial charge in [0, 0.05) is 26.1 Å². The van der Waals surface area contributed by atoms with Gasteiger partial charge in [0.2, 0.25) is 0 Å². The highest BCUT2D eigenvalue weighted by Crippen LogP contribution is 2.14. The Morgan fingerprint density at radius 1 is 1.15 bits per heavy atom. The van der Waals surface area contributed by atoms with Crippen LogP contribution >= 0.6 is 0 Å². The summed E-state index contributed by atoms with van der Waals surface area (Å²) in [5.74, 6) is -0.528. The standard InChI is InChI=1S/C13H26N2O5/c1-2-11(3-4-12(18)19)5-6-14-13(20)15(7-9-16)8-10-17/h11,16-17H,2-10H2,1H3,(H,14,20)(H,18,19). The number of aliphatic hydroxyl groups is 2. The van der Waals surface area contributed by atoms with Gasteiger partial charge in [0.15, 0.2) is 0 Å². The second-order valence-corrected chi connectivity index (χ2v) is 4.66. The Balaban J connectivity index is 3.99. The first-order chi connectivity index (χ1) is 9.54. The molecule has 0 aliphatic carbocycles. The normalized spacial score (nSPS) is 11.9. The van der Waals surface area contributed by atoms with Crippen molar-refractivity contribution in [2.75, 3.05) is 32.8 Å². The van der Waals surface area contributed by atoms with Crippen LogP contribution in [0.15, 0.2) is 0 Å². The molecule has 0 heterocycles. The van der Waals surface area contributed by atoms with Gasteiger partial charge in [0.05, 0.1) is 13.2 Å². The number of urea groups is 1. The van der Waals surface area contributed by atoms with Crippen molar-refractivity contribution in [2.24, 2.45) is 5.92 Å². The van der Waals surface area contributed by atoms with Gasteiger partial charge in [-0.15, -0.1) is 0 Å². The Kier molecular flexibility index (Phi) is 10.7. The minimum Gasteiger partial charge on any atom is -0.481 e. The Bertz CT molecular complexity index is 280. The molecule has 0 fully saturated rings. The number of aliphatic hydroxyl groups excluding tert-OH is 2. The van der Waals surface area contributed by atoms with E-state index in [0.29, 0.717) is 13.0 Å². The molecule has 0 radical (unpaired) electrons. The van der Waals surface area contributed by atoms with Crippen LogP contribution in [-0.4, -0.2) is 65.1 Å². The first-order valence-corrected chi connectivity index (χ1v) is 7.01. The molecule has 4 N–H and O–H groups in total. The Labute approximate surface area is 119 Å². The molecule has 1 atom stereocenters. The highest BCUT2D eigenvalue weighted by molar-refractivity contribution is 5.74. The second kappa shape index (κ2) is 11.5. The van der Waals surface area contributed by atoms with E-state index < -0.39 is 5.97 Å². The van der Waals surface area contributed by atoms with Crippen LogP contribution in [0, 0.1) is 5.92 Å². The Hall–Kier alpha value is -1.34. The SMILES string of the molecule is CCC(CCNC(=O)N(CCO)CCO)CCC(=O)O. The van der Waals surface area contributed by atoms with Crippen LogP contribution in [0.4, 0.5) is 4.79 Å². The van der Waals surface area contributed by atoms with Crippen molar-refractivity contribution >= 4 is 12.0 Å². The monoisotopic (exact) mass is 290 g/mol. The number of aliphatic carboxylic acids is 1. The number of rotatable bonds is 11. The van der Waals surface area contributed by atoms with E-state index in [1.165, 1.54) is 4.90 Å². The van der Waals surface area contributed by atoms with Crippen molar-refractivity contribution < 1.29 is 24.9 Å². The van der Waals surface area contributed by atoms with Crippen molar-refractivity contribution in [1.29, 1.82) is 0 Å². The average Bonchev–Trinajstić information content (AvgIpc) is 2.41. The van der Waals surface area contributed by atoms with E-state index in [2.05, 4.69) is 5.32 Å². The molecule has 1 unspecified atom stereocenters. The predicted octanol–water partition coefficient (Wildman–Crippen LogP) is 0.264. The minimum absolute atomic E-state index is 0.146. The summed E-state index contributed by atoms with van der Waals surface area (Å²) in [6, 6.07) is -0.318. The fourth-order valence-corrected chi connectivity index (χ4v) is 1.93. The zero-order chi connectivity index (χ0) is 15.4. The van der Waals surface area contributed by atoms with E-state index in [4.69, 9.17) is 15.3 Å². The molecule has 0 aromatic carbocycles. The summed E-state index contributed by atoms with van der Waals surface area (Å²) in [6.07, 6.45) is 2.36. The van der Waals surface area contributed by atoms with Gasteiger partial charge >= 0.3 is 12.0 Å². The third-order valence-electron chi connectivity index (χ3n) is 3.20. The lowest BCUT2D eigenvalue weighted by Crippen LogP contribution is -2.43. The van der Waals surface area contributed by atoms with E-state index in [-0.39, 0.29) is 44.7 Å². The number of carboxylic acids is 1. The number of amides is 2. The van der Waals surface area contributed by atoms with Crippen molar-refractivity contribution in [3.63, 3.8) is 0 Å². The van der Waals surface area contributed by atoms with E-state index in [1.807, 2.05) is 6.92 Å². The molecular formula is C13H26N2O5. The van der Waals surface area contributed by atoms with Crippen LogP contribution < -0.4 is 5.32 Å². The molecule has 2 amide bonds. The molecule has 0 aliphatic rings. The van der Waals surface area contributed by atoms with Gasteiger partial charge in [-0.3, -0.25) is 4.79 Å². The van der Waals surface area contributed by atoms with Crippen LogP contribution in [0.2, 0.25) is 0 Å². The zero-order valence-electron chi connectivity index (χ0n) is 12.0. The van der Waals surface area contributed by atoms with Crippen LogP contribution in [0.3, 0.4) is 0 Å². The zero-order valence-corrected chi connectivity index (χ0v) is 12.0. The van der Waals surface area contributed by atoms with E-state index >= 15 is 0 Å². The summed E-state index contributed by atoms with van der Waals surface area (Å²) < 4.78 is 0. The molecule has 118 valence electrons. The first-order valence-electron chi connectivity index (χ1n) is 7.01. The molecule has 0 bridgehead atoms.